The van der Waals surface area contributed by atoms with Gasteiger partial charge in [-0.2, -0.15) is 0 Å². The van der Waals surface area contributed by atoms with Crippen LogP contribution in [0.15, 0.2) is 5.16 Å². The molecule has 0 aliphatic carbocycles. The molecule has 0 aromatic carbocycles. The van der Waals surface area contributed by atoms with Crippen molar-refractivity contribution in [2.24, 2.45) is 0 Å². The summed E-state index contributed by atoms with van der Waals surface area (Å²) in [6, 6.07) is 0. The van der Waals surface area contributed by atoms with Crippen molar-refractivity contribution in [2.45, 2.75) is 76.5 Å². The number of thioether (sulfide) groups is 1. The summed E-state index contributed by atoms with van der Waals surface area (Å²) < 4.78 is 2.34. The standard InChI is InChI=1S/C15H28N4S/c1-15(2,3)16-10-6-8-12-20-14-18-17-13-9-5-4-7-11-19(13)14/h16H,4-12H2,1-3H3. The van der Waals surface area contributed by atoms with Gasteiger partial charge in [0.05, 0.1) is 0 Å². The van der Waals surface area contributed by atoms with Crippen LogP contribution in [0, 0.1) is 0 Å². The highest BCUT2D eigenvalue weighted by Gasteiger charge is 2.14. The van der Waals surface area contributed by atoms with Crippen molar-refractivity contribution < 1.29 is 0 Å². The summed E-state index contributed by atoms with van der Waals surface area (Å²) in [6.45, 7) is 8.85. The van der Waals surface area contributed by atoms with Gasteiger partial charge in [0.1, 0.15) is 5.82 Å². The molecule has 1 N–H and O–H groups in total. The fraction of sp³-hybridized carbons (Fsp3) is 0.867. The predicted octanol–water partition coefficient (Wildman–Crippen LogP) is 3.26. The number of hydrogen-bond acceptors (Lipinski definition) is 4. The Bertz CT molecular complexity index is 408. The van der Waals surface area contributed by atoms with Crippen molar-refractivity contribution in [1.82, 2.24) is 20.1 Å². The summed E-state index contributed by atoms with van der Waals surface area (Å²) in [5.74, 6) is 2.34. The van der Waals surface area contributed by atoms with E-state index in [1.807, 2.05) is 11.8 Å². The molecule has 0 spiro atoms. The highest BCUT2D eigenvalue weighted by molar-refractivity contribution is 7.99. The lowest BCUT2D eigenvalue weighted by Gasteiger charge is -2.20. The topological polar surface area (TPSA) is 42.7 Å². The van der Waals surface area contributed by atoms with Crippen LogP contribution >= 0.6 is 11.8 Å². The van der Waals surface area contributed by atoms with E-state index in [2.05, 4.69) is 40.9 Å². The van der Waals surface area contributed by atoms with E-state index in [9.17, 15) is 0 Å². The minimum Gasteiger partial charge on any atom is -0.312 e. The second kappa shape index (κ2) is 7.46. The molecule has 1 aromatic rings. The molecule has 0 amide bonds. The number of rotatable bonds is 6. The average Bonchev–Trinajstić information content (AvgIpc) is 2.60. The molecule has 2 rings (SSSR count). The van der Waals surface area contributed by atoms with Crippen LogP contribution < -0.4 is 5.32 Å². The third-order valence-corrected chi connectivity index (χ3v) is 4.59. The zero-order valence-corrected chi connectivity index (χ0v) is 13.9. The molecule has 4 nitrogen and oxygen atoms in total. The van der Waals surface area contributed by atoms with E-state index >= 15 is 0 Å². The largest absolute Gasteiger partial charge is 0.312 e. The van der Waals surface area contributed by atoms with E-state index < -0.39 is 0 Å². The maximum atomic E-state index is 4.36. The van der Waals surface area contributed by atoms with Gasteiger partial charge in [-0.25, -0.2) is 0 Å². The number of aromatic nitrogens is 3. The van der Waals surface area contributed by atoms with E-state index in [4.69, 9.17) is 0 Å². The lowest BCUT2D eigenvalue weighted by atomic mass is 10.1. The van der Waals surface area contributed by atoms with Crippen molar-refractivity contribution in [3.05, 3.63) is 5.82 Å². The SMILES string of the molecule is CC(C)(C)NCCCCSc1nnc2n1CCCCC2. The quantitative estimate of drug-likeness (QED) is 0.646. The molecule has 20 heavy (non-hydrogen) atoms. The van der Waals surface area contributed by atoms with Gasteiger partial charge in [-0.3, -0.25) is 0 Å². The zero-order chi connectivity index (χ0) is 14.4. The van der Waals surface area contributed by atoms with Crippen molar-refractivity contribution in [3.8, 4) is 0 Å². The Morgan fingerprint density at radius 2 is 2.00 bits per heavy atom. The molecule has 0 fully saturated rings. The van der Waals surface area contributed by atoms with Crippen LogP contribution in [-0.4, -0.2) is 32.6 Å². The maximum absolute atomic E-state index is 4.36. The maximum Gasteiger partial charge on any atom is 0.191 e. The van der Waals surface area contributed by atoms with Gasteiger partial charge in [0.2, 0.25) is 0 Å². The minimum atomic E-state index is 0.234. The van der Waals surface area contributed by atoms with Crippen molar-refractivity contribution in [1.29, 1.82) is 0 Å². The van der Waals surface area contributed by atoms with Crippen LogP contribution in [0.5, 0.6) is 0 Å². The van der Waals surface area contributed by atoms with E-state index in [-0.39, 0.29) is 5.54 Å². The number of hydrogen-bond donors (Lipinski definition) is 1. The molecule has 0 unspecified atom stereocenters. The number of fused-ring (bicyclic) bond motifs is 1. The van der Waals surface area contributed by atoms with E-state index in [1.165, 1.54) is 37.9 Å². The molecule has 114 valence electrons. The van der Waals surface area contributed by atoms with Crippen molar-refractivity contribution in [2.75, 3.05) is 12.3 Å². The first-order chi connectivity index (χ1) is 9.56. The Morgan fingerprint density at radius 1 is 1.15 bits per heavy atom. The Hall–Kier alpha value is -0.550. The summed E-state index contributed by atoms with van der Waals surface area (Å²) in [4.78, 5) is 0. The Labute approximate surface area is 127 Å². The second-order valence-corrected chi connectivity index (χ2v) is 7.66. The molecule has 0 bridgehead atoms. The second-order valence-electron chi connectivity index (χ2n) is 6.59. The van der Waals surface area contributed by atoms with E-state index in [0.29, 0.717) is 0 Å². The van der Waals surface area contributed by atoms with Crippen LogP contribution in [0.4, 0.5) is 0 Å². The third kappa shape index (κ3) is 5.09. The summed E-state index contributed by atoms with van der Waals surface area (Å²) in [5.41, 5.74) is 0.234. The first-order valence-corrected chi connectivity index (χ1v) is 8.85. The number of unbranched alkanes of at least 4 members (excludes halogenated alkanes) is 1. The van der Waals surface area contributed by atoms with Gasteiger partial charge in [0, 0.05) is 24.3 Å². The lowest BCUT2D eigenvalue weighted by Crippen LogP contribution is -2.36. The highest BCUT2D eigenvalue weighted by Crippen LogP contribution is 2.22. The number of nitrogens with zero attached hydrogens (tertiary/aromatic N) is 3. The monoisotopic (exact) mass is 296 g/mol. The highest BCUT2D eigenvalue weighted by atomic mass is 32.2. The van der Waals surface area contributed by atoms with Gasteiger partial charge < -0.3 is 9.88 Å². The predicted molar refractivity (Wildman–Crippen MR) is 85.3 cm³/mol. The molecule has 1 aromatic heterocycles. The fourth-order valence-corrected chi connectivity index (χ4v) is 3.40. The average molecular weight is 296 g/mol. The molecular formula is C15H28N4S. The Kier molecular flexibility index (Phi) is 5.90. The molecule has 0 saturated carbocycles. The normalized spacial score (nSPS) is 15.9. The molecule has 2 heterocycles. The molecule has 0 atom stereocenters. The van der Waals surface area contributed by atoms with Crippen LogP contribution in [0.25, 0.3) is 0 Å². The first kappa shape index (κ1) is 15.8. The van der Waals surface area contributed by atoms with Crippen molar-refractivity contribution >= 4 is 11.8 Å². The van der Waals surface area contributed by atoms with Crippen LogP contribution in [-0.2, 0) is 13.0 Å². The molecule has 1 aliphatic rings. The van der Waals surface area contributed by atoms with Crippen LogP contribution in [0.1, 0.15) is 58.7 Å². The minimum absolute atomic E-state index is 0.234. The van der Waals surface area contributed by atoms with Gasteiger partial charge in [-0.1, -0.05) is 18.2 Å². The Morgan fingerprint density at radius 3 is 2.80 bits per heavy atom. The summed E-state index contributed by atoms with van der Waals surface area (Å²) in [5, 5.41) is 13.4. The summed E-state index contributed by atoms with van der Waals surface area (Å²) >= 11 is 1.87. The number of nitrogens with one attached hydrogen (secondary N) is 1. The molecule has 0 radical (unpaired) electrons. The van der Waals surface area contributed by atoms with Gasteiger partial charge in [0.15, 0.2) is 5.16 Å². The molecule has 1 aliphatic heterocycles. The van der Waals surface area contributed by atoms with Gasteiger partial charge >= 0.3 is 0 Å². The van der Waals surface area contributed by atoms with Gasteiger partial charge in [-0.05, 0) is 53.0 Å². The lowest BCUT2D eigenvalue weighted by molar-refractivity contribution is 0.421. The smallest absolute Gasteiger partial charge is 0.191 e. The van der Waals surface area contributed by atoms with Crippen LogP contribution in [0.3, 0.4) is 0 Å². The summed E-state index contributed by atoms with van der Waals surface area (Å²) in [7, 11) is 0. The van der Waals surface area contributed by atoms with Gasteiger partial charge in [-0.15, -0.1) is 10.2 Å². The van der Waals surface area contributed by atoms with Gasteiger partial charge in [0.25, 0.3) is 0 Å². The van der Waals surface area contributed by atoms with E-state index in [1.54, 1.807) is 0 Å². The number of aryl methyl sites for hydroxylation is 1. The first-order valence-electron chi connectivity index (χ1n) is 7.86. The zero-order valence-electron chi connectivity index (χ0n) is 13.1. The Balaban J connectivity index is 1.68. The fourth-order valence-electron chi connectivity index (χ4n) is 2.42. The summed E-state index contributed by atoms with van der Waals surface area (Å²) in [6.07, 6.45) is 7.42. The molecule has 5 heteroatoms. The molecule has 0 saturated heterocycles. The molecular weight excluding hydrogens is 268 g/mol. The third-order valence-electron chi connectivity index (χ3n) is 3.53. The van der Waals surface area contributed by atoms with Crippen molar-refractivity contribution in [3.63, 3.8) is 0 Å². The van der Waals surface area contributed by atoms with Crippen LogP contribution in [0.2, 0.25) is 0 Å². The van der Waals surface area contributed by atoms with E-state index in [0.717, 1.165) is 30.4 Å².